The van der Waals surface area contributed by atoms with Gasteiger partial charge in [-0.3, -0.25) is 0 Å². The Morgan fingerprint density at radius 1 is 0.829 bits per heavy atom. The van der Waals surface area contributed by atoms with Gasteiger partial charge in [0.1, 0.15) is 48.8 Å². The van der Waals surface area contributed by atoms with Crippen molar-refractivity contribution < 1.29 is 69.7 Å². The molecule has 0 spiro atoms. The van der Waals surface area contributed by atoms with Crippen LogP contribution in [0, 0.1) is 0 Å². The topological polar surface area (TPSA) is 236 Å². The van der Waals surface area contributed by atoms with Crippen molar-refractivity contribution in [2.75, 3.05) is 13.2 Å². The molecule has 2 aliphatic heterocycles. The van der Waals surface area contributed by atoms with Gasteiger partial charge < -0.3 is 64.9 Å². The third kappa shape index (κ3) is 6.25. The molecular weight excluding hydrogens is 476 g/mol. The molecule has 0 amide bonds. The second-order valence-corrected chi connectivity index (χ2v) is 8.06. The molecule has 2 saturated heterocycles. The highest BCUT2D eigenvalue weighted by Crippen LogP contribution is 2.27. The van der Waals surface area contributed by atoms with Crippen LogP contribution in [0.4, 0.5) is 0 Å². The highest BCUT2D eigenvalue weighted by atomic mass is 16.7. The summed E-state index contributed by atoms with van der Waals surface area (Å²) in [4.78, 5) is 12.1. The first kappa shape index (κ1) is 27.2. The molecule has 35 heavy (non-hydrogen) atoms. The van der Waals surface area contributed by atoms with Gasteiger partial charge in [0.25, 0.3) is 0 Å². The minimum Gasteiger partial charge on any atom is -0.504 e. The molecule has 14 nitrogen and oxygen atoms in total. The van der Waals surface area contributed by atoms with Crippen LogP contribution in [0.2, 0.25) is 0 Å². The summed E-state index contributed by atoms with van der Waals surface area (Å²) in [6, 6.07) is 3.78. The predicted octanol–water partition coefficient (Wildman–Crippen LogP) is -3.72. The van der Waals surface area contributed by atoms with Crippen LogP contribution in [0.15, 0.2) is 24.3 Å². The highest BCUT2D eigenvalue weighted by molar-refractivity contribution is 5.87. The lowest BCUT2D eigenvalue weighted by Crippen LogP contribution is -2.61. The average molecular weight is 504 g/mol. The number of aliphatic hydroxyl groups is 7. The number of esters is 1. The van der Waals surface area contributed by atoms with Gasteiger partial charge in [-0.1, -0.05) is 6.07 Å². The Morgan fingerprint density at radius 3 is 2.06 bits per heavy atom. The quantitative estimate of drug-likeness (QED) is 0.0986. The zero-order valence-corrected chi connectivity index (χ0v) is 18.1. The maximum atomic E-state index is 12.1. The lowest BCUT2D eigenvalue weighted by molar-refractivity contribution is -0.326. The Balaban J connectivity index is 1.60. The fourth-order valence-corrected chi connectivity index (χ4v) is 3.51. The van der Waals surface area contributed by atoms with Gasteiger partial charge in [0.15, 0.2) is 17.8 Å². The number of benzene rings is 1. The third-order valence-corrected chi connectivity index (χ3v) is 5.59. The molecule has 2 aliphatic rings. The summed E-state index contributed by atoms with van der Waals surface area (Å²) in [5, 5.41) is 88.1. The minimum atomic E-state index is -1.83. The highest BCUT2D eigenvalue weighted by Gasteiger charge is 2.48. The molecule has 1 aromatic rings. The van der Waals surface area contributed by atoms with Crippen molar-refractivity contribution in [3.63, 3.8) is 0 Å². The molecule has 0 radical (unpaired) electrons. The molecule has 0 aromatic heterocycles. The van der Waals surface area contributed by atoms with Crippen LogP contribution in [0.5, 0.6) is 11.5 Å². The maximum absolute atomic E-state index is 12.1. The number of carbonyl (C=O) groups is 1. The van der Waals surface area contributed by atoms with E-state index in [-0.39, 0.29) is 5.75 Å². The van der Waals surface area contributed by atoms with E-state index >= 15 is 0 Å². The van der Waals surface area contributed by atoms with Crippen LogP contribution in [0.25, 0.3) is 6.08 Å². The minimum absolute atomic E-state index is 0.337. The number of phenolic OH excluding ortho intramolecular Hbond substituents is 2. The average Bonchev–Trinajstić information content (AvgIpc) is 2.84. The van der Waals surface area contributed by atoms with E-state index in [0.29, 0.717) is 5.56 Å². The summed E-state index contributed by atoms with van der Waals surface area (Å²) in [5.74, 6) is -1.78. The first-order valence-corrected chi connectivity index (χ1v) is 10.6. The molecule has 10 atom stereocenters. The fourth-order valence-electron chi connectivity index (χ4n) is 3.51. The van der Waals surface area contributed by atoms with Gasteiger partial charge in [0.05, 0.1) is 13.2 Å². The lowest BCUT2D eigenvalue weighted by Gasteiger charge is -2.42. The number of carbonyl (C=O) groups excluding carboxylic acids is 1. The van der Waals surface area contributed by atoms with Crippen LogP contribution in [-0.4, -0.2) is 127 Å². The van der Waals surface area contributed by atoms with E-state index < -0.39 is 86.3 Å². The van der Waals surface area contributed by atoms with Gasteiger partial charge in [-0.15, -0.1) is 0 Å². The Labute approximate surface area is 198 Å². The maximum Gasteiger partial charge on any atom is 0.333 e. The van der Waals surface area contributed by atoms with Crippen molar-refractivity contribution in [2.45, 2.75) is 61.4 Å². The van der Waals surface area contributed by atoms with Gasteiger partial charge in [-0.25, -0.2) is 4.79 Å². The normalized spacial score (nSPS) is 37.9. The molecule has 2 heterocycles. The van der Waals surface area contributed by atoms with Gasteiger partial charge in [-0.2, -0.15) is 0 Å². The molecule has 9 N–H and O–H groups in total. The molecular formula is C21H28O14. The van der Waals surface area contributed by atoms with E-state index in [4.69, 9.17) is 18.9 Å². The fraction of sp³-hybridized carbons (Fsp3) is 0.571. The van der Waals surface area contributed by atoms with E-state index in [0.717, 1.165) is 6.08 Å². The Hall–Kier alpha value is -2.37. The Morgan fingerprint density at radius 2 is 1.43 bits per heavy atom. The molecule has 0 aliphatic carbocycles. The van der Waals surface area contributed by atoms with Gasteiger partial charge in [0, 0.05) is 6.08 Å². The van der Waals surface area contributed by atoms with Crippen molar-refractivity contribution in [1.29, 1.82) is 0 Å². The van der Waals surface area contributed by atoms with Crippen LogP contribution in [0.1, 0.15) is 5.56 Å². The van der Waals surface area contributed by atoms with Crippen molar-refractivity contribution in [1.82, 2.24) is 0 Å². The number of aliphatic hydroxyl groups excluding tert-OH is 7. The van der Waals surface area contributed by atoms with Crippen LogP contribution >= 0.6 is 0 Å². The second-order valence-electron chi connectivity index (χ2n) is 8.06. The van der Waals surface area contributed by atoms with Crippen molar-refractivity contribution >= 4 is 12.0 Å². The van der Waals surface area contributed by atoms with Crippen LogP contribution in [-0.2, 0) is 23.7 Å². The van der Waals surface area contributed by atoms with Crippen molar-refractivity contribution in [3.8, 4) is 11.5 Å². The monoisotopic (exact) mass is 504 g/mol. The Bertz CT molecular complexity index is 891. The Kier molecular flexibility index (Phi) is 9.00. The molecule has 0 bridgehead atoms. The zero-order valence-electron chi connectivity index (χ0n) is 18.1. The SMILES string of the molecule is O=C(/C=C/c1ccc(O)c(O)c1)O[C@@H]1O[C@H](CO[C@@H]2O[C@H](CO)[C@@H](O)[C@H](O)[C@H]2O)[C@@H](O)[C@H](O)[C@H]1O. The summed E-state index contributed by atoms with van der Waals surface area (Å²) >= 11 is 0. The largest absolute Gasteiger partial charge is 0.504 e. The summed E-state index contributed by atoms with van der Waals surface area (Å²) in [6.07, 6.45) is -14.1. The number of rotatable bonds is 7. The lowest BCUT2D eigenvalue weighted by atomic mass is 9.98. The summed E-state index contributed by atoms with van der Waals surface area (Å²) in [5.41, 5.74) is 0.337. The molecule has 196 valence electrons. The number of phenols is 2. The van der Waals surface area contributed by atoms with E-state index in [9.17, 15) is 50.8 Å². The van der Waals surface area contributed by atoms with Crippen LogP contribution in [0.3, 0.4) is 0 Å². The standard InChI is InChI=1S/C21H28O14/c22-6-11-14(26)16(28)18(30)20(33-11)32-7-12-15(27)17(29)19(31)21(34-12)35-13(25)4-2-8-1-3-9(23)10(24)5-8/h1-5,11-12,14-24,26-31H,6-7H2/b4-2+/t11-,12-,14-,15-,16+,17+,18-,19-,20-,21+/m1/s1. The molecule has 3 rings (SSSR count). The van der Waals surface area contributed by atoms with Gasteiger partial charge in [0.2, 0.25) is 6.29 Å². The number of ether oxygens (including phenoxy) is 4. The second kappa shape index (κ2) is 11.6. The van der Waals surface area contributed by atoms with E-state index in [1.165, 1.54) is 24.3 Å². The first-order valence-electron chi connectivity index (χ1n) is 10.6. The third-order valence-electron chi connectivity index (χ3n) is 5.59. The summed E-state index contributed by atoms with van der Waals surface area (Å²) in [7, 11) is 0. The molecule has 14 heteroatoms. The van der Waals surface area contributed by atoms with E-state index in [2.05, 4.69) is 0 Å². The summed E-state index contributed by atoms with van der Waals surface area (Å²) in [6.45, 7) is -1.27. The van der Waals surface area contributed by atoms with E-state index in [1.54, 1.807) is 0 Å². The first-order chi connectivity index (χ1) is 16.5. The smallest absolute Gasteiger partial charge is 0.333 e. The molecule has 0 saturated carbocycles. The summed E-state index contributed by atoms with van der Waals surface area (Å²) < 4.78 is 20.8. The molecule has 1 aromatic carbocycles. The predicted molar refractivity (Wildman–Crippen MR) is 111 cm³/mol. The number of hydrogen-bond acceptors (Lipinski definition) is 14. The zero-order chi connectivity index (χ0) is 25.9. The molecule has 2 fully saturated rings. The van der Waals surface area contributed by atoms with Crippen molar-refractivity contribution in [2.24, 2.45) is 0 Å². The van der Waals surface area contributed by atoms with Gasteiger partial charge in [-0.05, 0) is 23.8 Å². The van der Waals surface area contributed by atoms with Crippen LogP contribution < -0.4 is 0 Å². The van der Waals surface area contributed by atoms with Gasteiger partial charge >= 0.3 is 5.97 Å². The number of hydrogen-bond donors (Lipinski definition) is 9. The molecule has 0 unspecified atom stereocenters. The van der Waals surface area contributed by atoms with E-state index in [1.807, 2.05) is 0 Å². The van der Waals surface area contributed by atoms with Crippen molar-refractivity contribution in [3.05, 3.63) is 29.8 Å². The number of aromatic hydroxyl groups is 2.